The van der Waals surface area contributed by atoms with E-state index in [2.05, 4.69) is 9.44 Å². The monoisotopic (exact) mass is 596 g/mol. The molecule has 2 N–H and O–H groups in total. The van der Waals surface area contributed by atoms with Crippen LogP contribution in [0.4, 0.5) is 11.4 Å². The fourth-order valence-corrected chi connectivity index (χ4v) is 5.86. The third-order valence-corrected chi connectivity index (χ3v) is 8.66. The van der Waals surface area contributed by atoms with Crippen molar-refractivity contribution >= 4 is 31.4 Å². The summed E-state index contributed by atoms with van der Waals surface area (Å²) in [4.78, 5) is 0.316. The lowest BCUT2D eigenvalue weighted by Gasteiger charge is -2.15. The number of benzene rings is 4. The molecule has 0 unspecified atom stereocenters. The van der Waals surface area contributed by atoms with Crippen molar-refractivity contribution in [2.75, 3.05) is 35.9 Å². The van der Waals surface area contributed by atoms with Crippen LogP contribution in [0.5, 0.6) is 11.5 Å². The van der Waals surface area contributed by atoms with Crippen LogP contribution in [-0.4, -0.2) is 43.3 Å². The molecule has 216 valence electrons. The molecule has 0 amide bonds. The van der Waals surface area contributed by atoms with E-state index in [4.69, 9.17) is 14.2 Å². The highest BCUT2D eigenvalue weighted by atomic mass is 32.2. The number of ether oxygens (including phenoxy) is 3. The summed E-state index contributed by atoms with van der Waals surface area (Å²) in [6, 6.07) is 26.7. The van der Waals surface area contributed by atoms with Gasteiger partial charge in [-0.25, -0.2) is 16.8 Å². The molecule has 0 fully saturated rings. The van der Waals surface area contributed by atoms with Crippen molar-refractivity contribution < 1.29 is 31.0 Å². The van der Waals surface area contributed by atoms with Crippen LogP contribution in [-0.2, 0) is 24.8 Å². The van der Waals surface area contributed by atoms with Crippen LogP contribution in [0.2, 0.25) is 0 Å². The number of hydrogen-bond donors (Lipinski definition) is 2. The van der Waals surface area contributed by atoms with E-state index >= 15 is 0 Å². The van der Waals surface area contributed by atoms with E-state index in [1.807, 2.05) is 13.8 Å². The average Bonchev–Trinajstić information content (AvgIpc) is 2.94. The molecule has 0 atom stereocenters. The lowest BCUT2D eigenvalue weighted by Crippen LogP contribution is -2.16. The molecule has 0 aliphatic rings. The van der Waals surface area contributed by atoms with Crippen molar-refractivity contribution in [1.82, 2.24) is 0 Å². The van der Waals surface area contributed by atoms with E-state index in [0.29, 0.717) is 22.9 Å². The summed E-state index contributed by atoms with van der Waals surface area (Å²) in [5.41, 5.74) is 2.57. The second kappa shape index (κ2) is 13.5. The topological polar surface area (TPSA) is 120 Å². The third-order valence-electron chi connectivity index (χ3n) is 5.90. The standard InChI is InChI=1S/C30H32N2O7S2/c1-23-11-15-25(16-12-23)40(33,34)31-27-7-3-5-9-29(27)38-21-19-37-20-22-39-30-10-6-4-8-28(30)32-41(35,36)26-17-13-24(2)14-18-26/h3-18,31-32H,19-22H2,1-2H3. The highest BCUT2D eigenvalue weighted by molar-refractivity contribution is 7.93. The Balaban J connectivity index is 1.24. The van der Waals surface area contributed by atoms with Gasteiger partial charge in [-0.15, -0.1) is 0 Å². The van der Waals surface area contributed by atoms with Gasteiger partial charge in [0.05, 0.1) is 34.4 Å². The first kappa shape index (κ1) is 29.9. The zero-order valence-electron chi connectivity index (χ0n) is 22.7. The predicted octanol–water partition coefficient (Wildman–Crippen LogP) is 5.38. The molecule has 41 heavy (non-hydrogen) atoms. The first-order chi connectivity index (χ1) is 19.6. The molecule has 4 aromatic carbocycles. The maximum Gasteiger partial charge on any atom is 0.262 e. The Morgan fingerprint density at radius 2 is 0.878 bits per heavy atom. The zero-order chi connectivity index (χ0) is 29.3. The summed E-state index contributed by atoms with van der Waals surface area (Å²) in [6.07, 6.45) is 0. The molecule has 0 aliphatic heterocycles. The van der Waals surface area contributed by atoms with Gasteiger partial charge in [-0.05, 0) is 62.4 Å². The molecule has 9 nitrogen and oxygen atoms in total. The largest absolute Gasteiger partial charge is 0.489 e. The van der Waals surface area contributed by atoms with E-state index in [1.54, 1.807) is 97.1 Å². The number of anilines is 2. The molecule has 0 bridgehead atoms. The smallest absolute Gasteiger partial charge is 0.262 e. The SMILES string of the molecule is Cc1ccc(S(=O)(=O)Nc2ccccc2OCCOCCOc2ccccc2NS(=O)(=O)c2ccc(C)cc2)cc1. The molecule has 4 aromatic rings. The molecule has 0 radical (unpaired) electrons. The number of para-hydroxylation sites is 4. The van der Waals surface area contributed by atoms with Crippen molar-refractivity contribution in [3.63, 3.8) is 0 Å². The van der Waals surface area contributed by atoms with Crippen molar-refractivity contribution in [3.05, 3.63) is 108 Å². The van der Waals surface area contributed by atoms with Gasteiger partial charge in [0, 0.05) is 0 Å². The fraction of sp³-hybridized carbons (Fsp3) is 0.200. The van der Waals surface area contributed by atoms with Crippen LogP contribution in [0.1, 0.15) is 11.1 Å². The lowest BCUT2D eigenvalue weighted by atomic mass is 10.2. The quantitative estimate of drug-likeness (QED) is 0.188. The van der Waals surface area contributed by atoms with Gasteiger partial charge in [-0.1, -0.05) is 59.7 Å². The Labute approximate surface area is 241 Å². The van der Waals surface area contributed by atoms with Gasteiger partial charge >= 0.3 is 0 Å². The van der Waals surface area contributed by atoms with Gasteiger partial charge < -0.3 is 14.2 Å². The number of sulfonamides is 2. The van der Waals surface area contributed by atoms with Crippen LogP contribution < -0.4 is 18.9 Å². The van der Waals surface area contributed by atoms with Crippen LogP contribution in [0.3, 0.4) is 0 Å². The minimum Gasteiger partial charge on any atom is -0.489 e. The highest BCUT2D eigenvalue weighted by Gasteiger charge is 2.17. The van der Waals surface area contributed by atoms with Gasteiger partial charge in [0.15, 0.2) is 0 Å². The maximum atomic E-state index is 12.8. The molecule has 0 aromatic heterocycles. The Morgan fingerprint density at radius 1 is 0.512 bits per heavy atom. The summed E-state index contributed by atoms with van der Waals surface area (Å²) < 4.78 is 73.3. The molecule has 0 aliphatic carbocycles. The number of hydrogen-bond acceptors (Lipinski definition) is 7. The molecule has 0 saturated heterocycles. The molecule has 0 heterocycles. The first-order valence-electron chi connectivity index (χ1n) is 12.8. The van der Waals surface area contributed by atoms with Crippen molar-refractivity contribution in [2.45, 2.75) is 23.6 Å². The summed E-state index contributed by atoms with van der Waals surface area (Å²) in [5.74, 6) is 0.746. The minimum absolute atomic E-state index is 0.158. The van der Waals surface area contributed by atoms with E-state index in [9.17, 15) is 16.8 Å². The fourth-order valence-electron chi connectivity index (χ4n) is 3.72. The van der Waals surface area contributed by atoms with Crippen molar-refractivity contribution in [2.24, 2.45) is 0 Å². The van der Waals surface area contributed by atoms with Crippen LogP contribution >= 0.6 is 0 Å². The first-order valence-corrected chi connectivity index (χ1v) is 15.8. The number of rotatable bonds is 14. The van der Waals surface area contributed by atoms with Gasteiger partial charge in [0.2, 0.25) is 0 Å². The van der Waals surface area contributed by atoms with E-state index in [1.165, 1.54) is 0 Å². The van der Waals surface area contributed by atoms with Gasteiger partial charge in [-0.2, -0.15) is 0 Å². The summed E-state index contributed by atoms with van der Waals surface area (Å²) in [6.45, 7) is 4.58. The second-order valence-corrected chi connectivity index (χ2v) is 12.5. The van der Waals surface area contributed by atoms with Crippen LogP contribution in [0.15, 0.2) is 107 Å². The third kappa shape index (κ3) is 8.46. The molecule has 4 rings (SSSR count). The Bertz CT molecular complexity index is 1530. The Hall–Kier alpha value is -4.06. The molecule has 0 saturated carbocycles. The highest BCUT2D eigenvalue weighted by Crippen LogP contribution is 2.28. The number of nitrogens with one attached hydrogen (secondary N) is 2. The molecule has 11 heteroatoms. The second-order valence-electron chi connectivity index (χ2n) is 9.14. The maximum absolute atomic E-state index is 12.8. The van der Waals surface area contributed by atoms with Gasteiger partial charge in [0.1, 0.15) is 24.7 Å². The Kier molecular flexibility index (Phi) is 9.87. The van der Waals surface area contributed by atoms with E-state index < -0.39 is 20.0 Å². The Morgan fingerprint density at radius 3 is 1.27 bits per heavy atom. The van der Waals surface area contributed by atoms with Crippen molar-refractivity contribution in [1.29, 1.82) is 0 Å². The molecular formula is C30H32N2O7S2. The van der Waals surface area contributed by atoms with E-state index in [-0.39, 0.29) is 36.2 Å². The predicted molar refractivity (Wildman–Crippen MR) is 159 cm³/mol. The van der Waals surface area contributed by atoms with Gasteiger partial charge in [-0.3, -0.25) is 9.44 Å². The summed E-state index contributed by atoms with van der Waals surface area (Å²) in [5, 5.41) is 0. The van der Waals surface area contributed by atoms with Gasteiger partial charge in [0.25, 0.3) is 20.0 Å². The normalized spacial score (nSPS) is 11.6. The molecular weight excluding hydrogens is 564 g/mol. The lowest BCUT2D eigenvalue weighted by molar-refractivity contribution is 0.0768. The number of aryl methyl sites for hydroxylation is 2. The van der Waals surface area contributed by atoms with Crippen LogP contribution in [0, 0.1) is 13.8 Å². The summed E-state index contributed by atoms with van der Waals surface area (Å²) in [7, 11) is -7.55. The minimum atomic E-state index is -3.77. The average molecular weight is 597 g/mol. The zero-order valence-corrected chi connectivity index (χ0v) is 24.4. The summed E-state index contributed by atoms with van der Waals surface area (Å²) >= 11 is 0. The van der Waals surface area contributed by atoms with Crippen molar-refractivity contribution in [3.8, 4) is 11.5 Å². The van der Waals surface area contributed by atoms with E-state index in [0.717, 1.165) is 11.1 Å². The molecule has 0 spiro atoms. The van der Waals surface area contributed by atoms with Crippen LogP contribution in [0.25, 0.3) is 0 Å².